The van der Waals surface area contributed by atoms with Gasteiger partial charge in [-0.3, -0.25) is 9.78 Å². The monoisotopic (exact) mass is 292 g/mol. The second-order valence-electron chi connectivity index (χ2n) is 5.22. The van der Waals surface area contributed by atoms with Crippen molar-refractivity contribution in [2.45, 2.75) is 39.7 Å². The van der Waals surface area contributed by atoms with E-state index in [2.05, 4.69) is 34.4 Å². The summed E-state index contributed by atoms with van der Waals surface area (Å²) in [6.07, 6.45) is 3.72. The van der Waals surface area contributed by atoms with Crippen LogP contribution in [0.25, 0.3) is 0 Å². The first-order valence-electron chi connectivity index (χ1n) is 7.77. The largest absolute Gasteiger partial charge is 0.388 e. The molecule has 0 aromatic carbocycles. The van der Waals surface area contributed by atoms with Crippen LogP contribution >= 0.6 is 0 Å². The molecule has 1 unspecified atom stereocenters. The van der Waals surface area contributed by atoms with Crippen molar-refractivity contribution < 1.29 is 4.79 Å². The molecule has 2 N–H and O–H groups in total. The van der Waals surface area contributed by atoms with Gasteiger partial charge < -0.3 is 15.5 Å². The molecular weight excluding hydrogens is 264 g/mol. The smallest absolute Gasteiger partial charge is 0.270 e. The number of anilines is 1. The average molecular weight is 292 g/mol. The molecular formula is C16H28N4O. The molecule has 0 aliphatic rings. The van der Waals surface area contributed by atoms with E-state index in [0.717, 1.165) is 38.2 Å². The van der Waals surface area contributed by atoms with Gasteiger partial charge in [-0.25, -0.2) is 0 Å². The lowest BCUT2D eigenvalue weighted by Crippen LogP contribution is -2.34. The van der Waals surface area contributed by atoms with E-state index in [-0.39, 0.29) is 11.9 Å². The van der Waals surface area contributed by atoms with Crippen molar-refractivity contribution >= 4 is 11.6 Å². The van der Waals surface area contributed by atoms with Crippen LogP contribution in [0.15, 0.2) is 18.3 Å². The van der Waals surface area contributed by atoms with Crippen LogP contribution in [0.5, 0.6) is 0 Å². The summed E-state index contributed by atoms with van der Waals surface area (Å²) in [5, 5.41) is 6.02. The second-order valence-corrected chi connectivity index (χ2v) is 5.22. The SMILES string of the molecule is CCN(CC)CCCC(C)NC(=O)c1cc(NC)ccn1. The van der Waals surface area contributed by atoms with Gasteiger partial charge in [0, 0.05) is 25.0 Å². The van der Waals surface area contributed by atoms with Crippen molar-refractivity contribution in [1.29, 1.82) is 0 Å². The van der Waals surface area contributed by atoms with Gasteiger partial charge in [-0.15, -0.1) is 0 Å². The Hall–Kier alpha value is -1.62. The minimum Gasteiger partial charge on any atom is -0.388 e. The van der Waals surface area contributed by atoms with Crippen LogP contribution in [0, 0.1) is 0 Å². The Kier molecular flexibility index (Phi) is 7.75. The molecule has 1 aromatic heterocycles. The first kappa shape index (κ1) is 17.4. The molecule has 0 aliphatic carbocycles. The Bertz CT molecular complexity index is 432. The fourth-order valence-corrected chi connectivity index (χ4v) is 2.24. The predicted octanol–water partition coefficient (Wildman–Crippen LogP) is 2.36. The molecule has 5 nitrogen and oxygen atoms in total. The number of nitrogens with one attached hydrogen (secondary N) is 2. The van der Waals surface area contributed by atoms with Gasteiger partial charge in [0.1, 0.15) is 5.69 Å². The topological polar surface area (TPSA) is 57.3 Å². The molecule has 0 spiro atoms. The fourth-order valence-electron chi connectivity index (χ4n) is 2.24. The van der Waals surface area contributed by atoms with E-state index in [0.29, 0.717) is 5.69 Å². The van der Waals surface area contributed by atoms with Gasteiger partial charge in [0.15, 0.2) is 0 Å². The minimum atomic E-state index is -0.109. The molecule has 1 rings (SSSR count). The molecule has 1 heterocycles. The summed E-state index contributed by atoms with van der Waals surface area (Å²) >= 11 is 0. The third-order valence-electron chi connectivity index (χ3n) is 3.66. The lowest BCUT2D eigenvalue weighted by atomic mass is 10.1. The minimum absolute atomic E-state index is 0.109. The number of pyridine rings is 1. The van der Waals surface area contributed by atoms with Crippen LogP contribution in [-0.2, 0) is 0 Å². The normalized spacial score (nSPS) is 12.2. The third kappa shape index (κ3) is 6.12. The molecule has 0 fully saturated rings. The van der Waals surface area contributed by atoms with Crippen molar-refractivity contribution in [3.63, 3.8) is 0 Å². The van der Waals surface area contributed by atoms with Crippen LogP contribution in [0.4, 0.5) is 5.69 Å². The molecule has 1 atom stereocenters. The van der Waals surface area contributed by atoms with Crippen molar-refractivity contribution in [1.82, 2.24) is 15.2 Å². The van der Waals surface area contributed by atoms with Gasteiger partial charge >= 0.3 is 0 Å². The molecule has 5 heteroatoms. The van der Waals surface area contributed by atoms with Gasteiger partial charge in [0.25, 0.3) is 5.91 Å². The standard InChI is InChI=1S/C16H28N4O/c1-5-20(6-2)11-7-8-13(3)19-16(21)15-12-14(17-4)9-10-18-15/h9-10,12-13H,5-8,11H2,1-4H3,(H,17,18)(H,19,21). The number of nitrogens with zero attached hydrogens (tertiary/aromatic N) is 2. The Morgan fingerprint density at radius 3 is 2.71 bits per heavy atom. The first-order chi connectivity index (χ1) is 10.1. The lowest BCUT2D eigenvalue weighted by Gasteiger charge is -2.19. The summed E-state index contributed by atoms with van der Waals surface area (Å²) in [4.78, 5) is 18.6. The summed E-state index contributed by atoms with van der Waals surface area (Å²) in [6.45, 7) is 9.64. The average Bonchev–Trinajstić information content (AvgIpc) is 2.51. The summed E-state index contributed by atoms with van der Waals surface area (Å²) in [5.74, 6) is -0.109. The fraction of sp³-hybridized carbons (Fsp3) is 0.625. The van der Waals surface area contributed by atoms with Gasteiger partial charge in [-0.1, -0.05) is 13.8 Å². The van der Waals surface area contributed by atoms with Crippen LogP contribution in [-0.4, -0.2) is 48.5 Å². The third-order valence-corrected chi connectivity index (χ3v) is 3.66. The molecule has 1 aromatic rings. The molecule has 0 saturated heterocycles. The van der Waals surface area contributed by atoms with Crippen molar-refractivity contribution in [2.24, 2.45) is 0 Å². The zero-order valence-corrected chi connectivity index (χ0v) is 13.6. The number of hydrogen-bond acceptors (Lipinski definition) is 4. The number of amides is 1. The highest BCUT2D eigenvalue weighted by Gasteiger charge is 2.11. The number of aromatic nitrogens is 1. The molecule has 0 bridgehead atoms. The molecule has 0 saturated carbocycles. The number of carbonyl (C=O) groups is 1. The van der Waals surface area contributed by atoms with Crippen LogP contribution in [0.1, 0.15) is 44.1 Å². The first-order valence-corrected chi connectivity index (χ1v) is 7.77. The molecule has 118 valence electrons. The van der Waals surface area contributed by atoms with Gasteiger partial charge in [-0.05, 0) is 51.5 Å². The van der Waals surface area contributed by atoms with Crippen LogP contribution in [0.2, 0.25) is 0 Å². The van der Waals surface area contributed by atoms with Crippen molar-refractivity contribution in [3.8, 4) is 0 Å². The Balaban J connectivity index is 2.39. The Morgan fingerprint density at radius 1 is 1.38 bits per heavy atom. The van der Waals surface area contributed by atoms with Gasteiger partial charge in [-0.2, -0.15) is 0 Å². The summed E-state index contributed by atoms with van der Waals surface area (Å²) < 4.78 is 0. The van der Waals surface area contributed by atoms with Crippen molar-refractivity contribution in [3.05, 3.63) is 24.0 Å². The second kappa shape index (κ2) is 9.34. The van der Waals surface area contributed by atoms with E-state index in [4.69, 9.17) is 0 Å². The van der Waals surface area contributed by atoms with Crippen molar-refractivity contribution in [2.75, 3.05) is 32.0 Å². The Morgan fingerprint density at radius 2 is 2.10 bits per heavy atom. The van der Waals surface area contributed by atoms with Gasteiger partial charge in [0.05, 0.1) is 0 Å². The molecule has 0 radical (unpaired) electrons. The highest BCUT2D eigenvalue weighted by Crippen LogP contribution is 2.07. The molecule has 21 heavy (non-hydrogen) atoms. The van der Waals surface area contributed by atoms with Crippen LogP contribution in [0.3, 0.4) is 0 Å². The number of carbonyl (C=O) groups excluding carboxylic acids is 1. The summed E-state index contributed by atoms with van der Waals surface area (Å²) in [6, 6.07) is 3.76. The molecule has 0 aliphatic heterocycles. The predicted molar refractivity (Wildman–Crippen MR) is 87.7 cm³/mol. The quantitative estimate of drug-likeness (QED) is 0.733. The molecule has 1 amide bonds. The van der Waals surface area contributed by atoms with Crippen LogP contribution < -0.4 is 10.6 Å². The maximum Gasteiger partial charge on any atom is 0.270 e. The van der Waals surface area contributed by atoms with E-state index in [1.807, 2.05) is 20.0 Å². The highest BCUT2D eigenvalue weighted by atomic mass is 16.1. The zero-order chi connectivity index (χ0) is 15.7. The summed E-state index contributed by atoms with van der Waals surface area (Å²) in [5.41, 5.74) is 1.35. The highest BCUT2D eigenvalue weighted by molar-refractivity contribution is 5.93. The van der Waals surface area contributed by atoms with E-state index in [9.17, 15) is 4.79 Å². The van der Waals surface area contributed by atoms with E-state index in [1.54, 1.807) is 12.3 Å². The number of hydrogen-bond donors (Lipinski definition) is 2. The van der Waals surface area contributed by atoms with E-state index in [1.165, 1.54) is 0 Å². The van der Waals surface area contributed by atoms with E-state index < -0.39 is 0 Å². The Labute approximate surface area is 128 Å². The number of rotatable bonds is 9. The summed E-state index contributed by atoms with van der Waals surface area (Å²) in [7, 11) is 1.83. The van der Waals surface area contributed by atoms with Gasteiger partial charge in [0.2, 0.25) is 0 Å². The lowest BCUT2D eigenvalue weighted by molar-refractivity contribution is 0.0932. The van der Waals surface area contributed by atoms with E-state index >= 15 is 0 Å². The maximum atomic E-state index is 12.1. The maximum absolute atomic E-state index is 12.1. The zero-order valence-electron chi connectivity index (χ0n) is 13.6.